The monoisotopic (exact) mass is 188 g/mol. The van der Waals surface area contributed by atoms with Crippen LogP contribution >= 0.6 is 0 Å². The normalized spacial score (nSPS) is 12.5. The molecule has 0 radical (unpaired) electrons. The fourth-order valence-electron chi connectivity index (χ4n) is 1.03. The van der Waals surface area contributed by atoms with E-state index in [0.717, 1.165) is 19.3 Å². The zero-order valence-corrected chi connectivity index (χ0v) is 8.58. The Labute approximate surface area is 80.1 Å². The van der Waals surface area contributed by atoms with Gasteiger partial charge >= 0.3 is 5.97 Å². The summed E-state index contributed by atoms with van der Waals surface area (Å²) in [5.41, 5.74) is 0. The Bertz CT molecular complexity index is 134. The highest BCUT2D eigenvalue weighted by Crippen LogP contribution is 2.11. The number of carbonyl (C=O) groups excluding carboxylic acids is 1. The van der Waals surface area contributed by atoms with Crippen LogP contribution in [0.3, 0.4) is 0 Å². The van der Waals surface area contributed by atoms with Gasteiger partial charge in [0.1, 0.15) is 6.61 Å². The van der Waals surface area contributed by atoms with Crippen LogP contribution in [0.2, 0.25) is 0 Å². The Kier molecular flexibility index (Phi) is 7.69. The Hall–Kier alpha value is -0.570. The lowest BCUT2D eigenvalue weighted by Gasteiger charge is -2.07. The van der Waals surface area contributed by atoms with E-state index in [-0.39, 0.29) is 19.2 Å². The number of aliphatic hydroxyl groups is 1. The molecular weight excluding hydrogens is 168 g/mol. The van der Waals surface area contributed by atoms with Gasteiger partial charge in [-0.15, -0.1) is 0 Å². The van der Waals surface area contributed by atoms with E-state index in [1.54, 1.807) is 0 Å². The van der Waals surface area contributed by atoms with Crippen molar-refractivity contribution in [3.8, 4) is 0 Å². The van der Waals surface area contributed by atoms with Gasteiger partial charge in [0.05, 0.1) is 6.61 Å². The molecule has 1 unspecified atom stereocenters. The van der Waals surface area contributed by atoms with Gasteiger partial charge in [-0.2, -0.15) is 0 Å². The van der Waals surface area contributed by atoms with Crippen molar-refractivity contribution < 1.29 is 14.6 Å². The maximum atomic E-state index is 10.9. The molecule has 0 amide bonds. The number of hydrogen-bond acceptors (Lipinski definition) is 3. The first-order valence-electron chi connectivity index (χ1n) is 4.97. The largest absolute Gasteiger partial charge is 0.463 e. The van der Waals surface area contributed by atoms with Crippen LogP contribution in [0, 0.1) is 5.92 Å². The van der Waals surface area contributed by atoms with Gasteiger partial charge in [-0.05, 0) is 12.3 Å². The van der Waals surface area contributed by atoms with E-state index >= 15 is 0 Å². The molecule has 3 nitrogen and oxygen atoms in total. The summed E-state index contributed by atoms with van der Waals surface area (Å²) in [6, 6.07) is 0. The number of rotatable bonds is 7. The van der Waals surface area contributed by atoms with Crippen LogP contribution in [0.15, 0.2) is 0 Å². The number of aliphatic hydroxyl groups excluding tert-OH is 1. The van der Waals surface area contributed by atoms with E-state index in [4.69, 9.17) is 9.84 Å². The van der Waals surface area contributed by atoms with Crippen LogP contribution in [-0.2, 0) is 9.53 Å². The molecule has 1 atom stereocenters. The summed E-state index contributed by atoms with van der Waals surface area (Å²) in [6.07, 6.45) is 3.60. The zero-order chi connectivity index (χ0) is 10.1. The van der Waals surface area contributed by atoms with Gasteiger partial charge in [0.15, 0.2) is 0 Å². The van der Waals surface area contributed by atoms with E-state index in [1.807, 2.05) is 0 Å². The fraction of sp³-hybridized carbons (Fsp3) is 0.900. The molecule has 0 fully saturated rings. The molecule has 0 aromatic carbocycles. The molecule has 0 heterocycles. The van der Waals surface area contributed by atoms with Crippen LogP contribution in [0.1, 0.15) is 39.5 Å². The van der Waals surface area contributed by atoms with Crippen molar-refractivity contribution in [2.24, 2.45) is 5.92 Å². The highest BCUT2D eigenvalue weighted by molar-refractivity contribution is 5.69. The van der Waals surface area contributed by atoms with Gasteiger partial charge in [-0.25, -0.2) is 0 Å². The molecule has 0 aromatic rings. The van der Waals surface area contributed by atoms with Crippen LogP contribution in [0.4, 0.5) is 0 Å². The molecule has 0 bridgehead atoms. The van der Waals surface area contributed by atoms with Crippen LogP contribution in [0.25, 0.3) is 0 Å². The Morgan fingerprint density at radius 3 is 2.77 bits per heavy atom. The molecular formula is C10H20O3. The first-order chi connectivity index (χ1) is 6.20. The van der Waals surface area contributed by atoms with Gasteiger partial charge in [0, 0.05) is 6.42 Å². The lowest BCUT2D eigenvalue weighted by molar-refractivity contribution is -0.144. The minimum Gasteiger partial charge on any atom is -0.463 e. The fourth-order valence-corrected chi connectivity index (χ4v) is 1.03. The molecule has 0 saturated heterocycles. The standard InChI is InChI=1S/C10H20O3/c1-3-9(2)5-4-6-10(12)13-8-7-11/h9,11H,3-8H2,1-2H3. The summed E-state index contributed by atoms with van der Waals surface area (Å²) < 4.78 is 4.72. The molecule has 0 aromatic heterocycles. The van der Waals surface area contributed by atoms with Crippen molar-refractivity contribution >= 4 is 5.97 Å². The average Bonchev–Trinajstić information content (AvgIpc) is 2.14. The van der Waals surface area contributed by atoms with Crippen molar-refractivity contribution in [3.05, 3.63) is 0 Å². The Morgan fingerprint density at radius 2 is 2.23 bits per heavy atom. The van der Waals surface area contributed by atoms with Gasteiger partial charge in [0.25, 0.3) is 0 Å². The minimum atomic E-state index is -0.197. The molecule has 3 heteroatoms. The third kappa shape index (κ3) is 7.78. The van der Waals surface area contributed by atoms with Crippen LogP contribution in [0.5, 0.6) is 0 Å². The SMILES string of the molecule is CCC(C)CCCC(=O)OCCO. The molecule has 78 valence electrons. The average molecular weight is 188 g/mol. The third-order valence-electron chi connectivity index (χ3n) is 2.13. The predicted octanol–water partition coefficient (Wildman–Crippen LogP) is 1.74. The van der Waals surface area contributed by atoms with Crippen LogP contribution in [-0.4, -0.2) is 24.3 Å². The summed E-state index contributed by atoms with van der Waals surface area (Å²) in [5.74, 6) is 0.489. The molecule has 0 aliphatic heterocycles. The van der Waals surface area contributed by atoms with Crippen molar-refractivity contribution in [1.82, 2.24) is 0 Å². The number of ether oxygens (including phenoxy) is 1. The summed E-state index contributed by atoms with van der Waals surface area (Å²) in [4.78, 5) is 10.9. The Balaban J connectivity index is 3.26. The topological polar surface area (TPSA) is 46.5 Å². The molecule has 13 heavy (non-hydrogen) atoms. The predicted molar refractivity (Wildman–Crippen MR) is 51.4 cm³/mol. The summed E-state index contributed by atoms with van der Waals surface area (Å²) in [7, 11) is 0. The van der Waals surface area contributed by atoms with E-state index in [1.165, 1.54) is 0 Å². The molecule has 0 spiro atoms. The van der Waals surface area contributed by atoms with Gasteiger partial charge in [-0.3, -0.25) is 4.79 Å². The quantitative estimate of drug-likeness (QED) is 0.619. The van der Waals surface area contributed by atoms with Gasteiger partial charge < -0.3 is 9.84 Å². The summed E-state index contributed by atoms with van der Waals surface area (Å²) >= 11 is 0. The molecule has 0 saturated carbocycles. The second-order valence-electron chi connectivity index (χ2n) is 3.35. The lowest BCUT2D eigenvalue weighted by atomic mass is 10.0. The smallest absolute Gasteiger partial charge is 0.305 e. The summed E-state index contributed by atoms with van der Waals surface area (Å²) in [5, 5.41) is 8.39. The highest BCUT2D eigenvalue weighted by atomic mass is 16.5. The lowest BCUT2D eigenvalue weighted by Crippen LogP contribution is -2.08. The van der Waals surface area contributed by atoms with Crippen LogP contribution < -0.4 is 0 Å². The maximum absolute atomic E-state index is 10.9. The van der Waals surface area contributed by atoms with Crippen molar-refractivity contribution in [2.45, 2.75) is 39.5 Å². The van der Waals surface area contributed by atoms with Crippen molar-refractivity contribution in [1.29, 1.82) is 0 Å². The molecule has 0 rings (SSSR count). The van der Waals surface area contributed by atoms with Crippen molar-refractivity contribution in [3.63, 3.8) is 0 Å². The van der Waals surface area contributed by atoms with E-state index < -0.39 is 0 Å². The van der Waals surface area contributed by atoms with Crippen molar-refractivity contribution in [2.75, 3.05) is 13.2 Å². The first-order valence-corrected chi connectivity index (χ1v) is 4.97. The van der Waals surface area contributed by atoms with E-state index in [9.17, 15) is 4.79 Å². The zero-order valence-electron chi connectivity index (χ0n) is 8.58. The molecule has 0 aliphatic rings. The first kappa shape index (κ1) is 12.4. The third-order valence-corrected chi connectivity index (χ3v) is 2.13. The second kappa shape index (κ2) is 8.05. The van der Waals surface area contributed by atoms with Gasteiger partial charge in [-0.1, -0.05) is 26.7 Å². The second-order valence-corrected chi connectivity index (χ2v) is 3.35. The molecule has 1 N–H and O–H groups in total. The number of esters is 1. The highest BCUT2D eigenvalue weighted by Gasteiger charge is 2.04. The van der Waals surface area contributed by atoms with Gasteiger partial charge in [0.2, 0.25) is 0 Å². The summed E-state index contributed by atoms with van der Waals surface area (Å²) in [6.45, 7) is 4.37. The minimum absolute atomic E-state index is 0.0862. The van der Waals surface area contributed by atoms with E-state index in [2.05, 4.69) is 13.8 Å². The number of hydrogen-bond donors (Lipinski definition) is 1. The Morgan fingerprint density at radius 1 is 1.54 bits per heavy atom. The maximum Gasteiger partial charge on any atom is 0.305 e. The number of carbonyl (C=O) groups is 1. The van der Waals surface area contributed by atoms with E-state index in [0.29, 0.717) is 12.3 Å². The molecule has 0 aliphatic carbocycles.